The van der Waals surface area contributed by atoms with Crippen LogP contribution in [0.2, 0.25) is 0 Å². The van der Waals surface area contributed by atoms with E-state index in [0.29, 0.717) is 21.7 Å². The first-order valence-electron chi connectivity index (χ1n) is 11.3. The van der Waals surface area contributed by atoms with Gasteiger partial charge in [-0.05, 0) is 48.5 Å². The Kier molecular flexibility index (Phi) is 5.02. The van der Waals surface area contributed by atoms with Crippen LogP contribution in [0, 0.1) is 0 Å². The van der Waals surface area contributed by atoms with E-state index in [0.717, 1.165) is 51.0 Å². The minimum absolute atomic E-state index is 0.0399. The van der Waals surface area contributed by atoms with Crippen LogP contribution in [0.25, 0.3) is 20.2 Å². The summed E-state index contributed by atoms with van der Waals surface area (Å²) in [6.07, 6.45) is 1.92. The zero-order valence-corrected chi connectivity index (χ0v) is 20.0. The molecule has 6 rings (SSSR count). The Hall–Kier alpha value is -2.82. The fourth-order valence-electron chi connectivity index (χ4n) is 5.21. The number of ketones is 1. The standard InChI is InChI=1S/C25H25N5O2S2/c26-15-8-7-14-18-19(22(34-21(15)18)24(32)30-13-5-3-9-29-11-13)20(27)23(31)25(14,28)17-10-12-4-1-2-6-16(12)33-17/h1-2,4,6-8,10,13,20,29H,3,5,9,11,26-28H2,(H,30,32). The second-order valence-corrected chi connectivity index (χ2v) is 11.2. The largest absolute Gasteiger partial charge is 0.398 e. The van der Waals surface area contributed by atoms with Crippen LogP contribution in [0.3, 0.4) is 0 Å². The van der Waals surface area contributed by atoms with Gasteiger partial charge in [0.25, 0.3) is 5.91 Å². The van der Waals surface area contributed by atoms with E-state index in [1.54, 1.807) is 6.07 Å². The van der Waals surface area contributed by atoms with Crippen molar-refractivity contribution in [2.75, 3.05) is 18.8 Å². The number of thiophene rings is 2. The molecule has 2 aliphatic rings. The van der Waals surface area contributed by atoms with Crippen molar-refractivity contribution in [1.29, 1.82) is 0 Å². The number of carbonyl (C=O) groups excluding carboxylic acids is 2. The van der Waals surface area contributed by atoms with Gasteiger partial charge in [-0.3, -0.25) is 9.59 Å². The van der Waals surface area contributed by atoms with Gasteiger partial charge in [0.2, 0.25) is 0 Å². The molecule has 1 aliphatic carbocycles. The molecule has 0 spiro atoms. The molecule has 2 aromatic heterocycles. The lowest BCUT2D eigenvalue weighted by atomic mass is 9.73. The number of hydrogen-bond donors (Lipinski definition) is 5. The summed E-state index contributed by atoms with van der Waals surface area (Å²) in [4.78, 5) is 28.4. The van der Waals surface area contributed by atoms with E-state index < -0.39 is 11.6 Å². The van der Waals surface area contributed by atoms with E-state index in [1.165, 1.54) is 22.7 Å². The fourth-order valence-corrected chi connectivity index (χ4v) is 7.59. The van der Waals surface area contributed by atoms with E-state index in [-0.39, 0.29) is 17.7 Å². The Morgan fingerprint density at radius 2 is 2.00 bits per heavy atom. The average Bonchev–Trinajstić information content (AvgIpc) is 3.46. The molecule has 3 heterocycles. The predicted octanol–water partition coefficient (Wildman–Crippen LogP) is 2.96. The molecule has 3 unspecified atom stereocenters. The van der Waals surface area contributed by atoms with E-state index in [2.05, 4.69) is 10.6 Å². The number of nitrogens with two attached hydrogens (primary N) is 3. The Bertz CT molecular complexity index is 1440. The second-order valence-electron chi connectivity index (χ2n) is 9.07. The van der Waals surface area contributed by atoms with Crippen LogP contribution < -0.4 is 27.8 Å². The van der Waals surface area contributed by atoms with Gasteiger partial charge in [0.15, 0.2) is 5.78 Å². The highest BCUT2D eigenvalue weighted by Crippen LogP contribution is 2.50. The van der Waals surface area contributed by atoms with Gasteiger partial charge in [-0.2, -0.15) is 0 Å². The van der Waals surface area contributed by atoms with E-state index in [9.17, 15) is 9.59 Å². The third-order valence-electron chi connectivity index (χ3n) is 6.97. The van der Waals surface area contributed by atoms with Crippen molar-refractivity contribution in [2.24, 2.45) is 11.5 Å². The molecular formula is C25H25N5O2S2. The zero-order valence-electron chi connectivity index (χ0n) is 18.4. The van der Waals surface area contributed by atoms with E-state index in [4.69, 9.17) is 17.2 Å². The van der Waals surface area contributed by atoms with Gasteiger partial charge >= 0.3 is 0 Å². The number of nitrogen functional groups attached to an aromatic ring is 1. The summed E-state index contributed by atoms with van der Waals surface area (Å²) in [5, 5.41) is 8.18. The van der Waals surface area contributed by atoms with Gasteiger partial charge in [-0.25, -0.2) is 0 Å². The van der Waals surface area contributed by atoms with Crippen molar-refractivity contribution < 1.29 is 9.59 Å². The average molecular weight is 492 g/mol. The lowest BCUT2D eigenvalue weighted by Gasteiger charge is -2.35. The lowest BCUT2D eigenvalue weighted by molar-refractivity contribution is -0.124. The number of benzene rings is 2. The molecule has 1 amide bonds. The van der Waals surface area contributed by atoms with Crippen molar-refractivity contribution >= 4 is 60.2 Å². The van der Waals surface area contributed by atoms with Crippen molar-refractivity contribution in [1.82, 2.24) is 10.6 Å². The molecule has 4 aromatic rings. The molecule has 1 fully saturated rings. The second kappa shape index (κ2) is 7.86. The number of carbonyl (C=O) groups is 2. The number of rotatable bonds is 3. The highest BCUT2D eigenvalue weighted by molar-refractivity contribution is 7.22. The Balaban J connectivity index is 1.54. The maximum absolute atomic E-state index is 13.9. The number of hydrogen-bond acceptors (Lipinski definition) is 8. The first kappa shape index (κ1) is 21.7. The summed E-state index contributed by atoms with van der Waals surface area (Å²) in [7, 11) is 0. The van der Waals surface area contributed by atoms with Crippen LogP contribution in [0.5, 0.6) is 0 Å². The third kappa shape index (κ3) is 3.05. The minimum Gasteiger partial charge on any atom is -0.398 e. The molecule has 0 bridgehead atoms. The zero-order chi connectivity index (χ0) is 23.6. The number of fused-ring (bicyclic) bond motifs is 1. The molecule has 9 heteroatoms. The first-order valence-corrected chi connectivity index (χ1v) is 13.0. The molecule has 34 heavy (non-hydrogen) atoms. The topological polar surface area (TPSA) is 136 Å². The normalized spacial score (nSPS) is 24.6. The fraction of sp³-hybridized carbons (Fsp3) is 0.280. The lowest BCUT2D eigenvalue weighted by Crippen LogP contribution is -2.52. The number of amides is 1. The molecule has 8 N–H and O–H groups in total. The Morgan fingerprint density at radius 1 is 1.18 bits per heavy atom. The van der Waals surface area contributed by atoms with Gasteiger partial charge < -0.3 is 27.8 Å². The van der Waals surface area contributed by atoms with Crippen LogP contribution in [-0.4, -0.2) is 30.8 Å². The maximum atomic E-state index is 13.9. The molecule has 7 nitrogen and oxygen atoms in total. The molecule has 174 valence electrons. The van der Waals surface area contributed by atoms with Crippen LogP contribution in [0.15, 0.2) is 42.5 Å². The van der Waals surface area contributed by atoms with E-state index in [1.807, 2.05) is 36.4 Å². The van der Waals surface area contributed by atoms with Gasteiger partial charge in [0.05, 0.1) is 15.6 Å². The number of nitrogens with one attached hydrogen (secondary N) is 2. The van der Waals surface area contributed by atoms with Crippen LogP contribution in [-0.2, 0) is 10.3 Å². The van der Waals surface area contributed by atoms with Crippen molar-refractivity contribution in [3.8, 4) is 0 Å². The molecule has 1 saturated heterocycles. The summed E-state index contributed by atoms with van der Waals surface area (Å²) in [5.74, 6) is -0.533. The van der Waals surface area contributed by atoms with Crippen LogP contribution >= 0.6 is 22.7 Å². The summed E-state index contributed by atoms with van der Waals surface area (Å²) in [6.45, 7) is 1.68. The number of piperidine rings is 1. The van der Waals surface area contributed by atoms with Gasteiger partial charge in [0, 0.05) is 38.8 Å². The smallest absolute Gasteiger partial charge is 0.262 e. The SMILES string of the molecule is Nc1ccc2c3c(c(C(=O)NC4CCCNC4)sc13)C(N)C(=O)C2(N)c1cc2ccccc2s1. The third-order valence-corrected chi connectivity index (χ3v) is 9.47. The monoisotopic (exact) mass is 491 g/mol. The predicted molar refractivity (Wildman–Crippen MR) is 138 cm³/mol. The molecule has 1 aliphatic heterocycles. The van der Waals surface area contributed by atoms with Gasteiger partial charge in [-0.1, -0.05) is 24.3 Å². The highest BCUT2D eigenvalue weighted by atomic mass is 32.1. The van der Waals surface area contributed by atoms with Crippen molar-refractivity contribution in [2.45, 2.75) is 30.5 Å². The number of anilines is 1. The quantitative estimate of drug-likeness (QED) is 0.280. The summed E-state index contributed by atoms with van der Waals surface area (Å²) < 4.78 is 1.80. The van der Waals surface area contributed by atoms with Gasteiger partial charge in [-0.15, -0.1) is 22.7 Å². The van der Waals surface area contributed by atoms with Crippen LogP contribution in [0.1, 0.15) is 44.6 Å². The number of Topliss-reactive ketones (excluding diaryl/α,β-unsaturated/α-hetero) is 1. The minimum atomic E-state index is -1.41. The molecule has 0 saturated carbocycles. The molecule has 2 aromatic carbocycles. The van der Waals surface area contributed by atoms with Crippen LogP contribution in [0.4, 0.5) is 5.69 Å². The maximum Gasteiger partial charge on any atom is 0.262 e. The van der Waals surface area contributed by atoms with Gasteiger partial charge in [0.1, 0.15) is 5.54 Å². The highest BCUT2D eigenvalue weighted by Gasteiger charge is 2.49. The molecule has 0 radical (unpaired) electrons. The molecule has 3 atom stereocenters. The summed E-state index contributed by atoms with van der Waals surface area (Å²) >= 11 is 2.78. The van der Waals surface area contributed by atoms with Crippen molar-refractivity contribution in [3.05, 3.63) is 63.3 Å². The Labute approximate surface area is 204 Å². The molecular weight excluding hydrogens is 466 g/mol. The Morgan fingerprint density at radius 3 is 2.76 bits per heavy atom. The van der Waals surface area contributed by atoms with Crippen molar-refractivity contribution in [3.63, 3.8) is 0 Å². The summed E-state index contributed by atoms with van der Waals surface area (Å²) in [5.41, 5.74) is 20.2. The summed E-state index contributed by atoms with van der Waals surface area (Å²) in [6, 6.07) is 12.5. The first-order chi connectivity index (χ1) is 16.4. The van der Waals surface area contributed by atoms with E-state index >= 15 is 0 Å².